The fourth-order valence-electron chi connectivity index (χ4n) is 2.88. The molecule has 0 aliphatic heterocycles. The lowest BCUT2D eigenvalue weighted by Crippen LogP contribution is -2.40. The highest BCUT2D eigenvalue weighted by molar-refractivity contribution is 7.53. The van der Waals surface area contributed by atoms with Gasteiger partial charge in [-0.1, -0.05) is 6.92 Å². The van der Waals surface area contributed by atoms with Crippen molar-refractivity contribution in [3.05, 3.63) is 27.2 Å². The Morgan fingerprint density at radius 2 is 1.86 bits per heavy atom. The van der Waals surface area contributed by atoms with Gasteiger partial charge in [-0.2, -0.15) is 0 Å². The van der Waals surface area contributed by atoms with Crippen LogP contribution < -0.4 is 11.2 Å². The van der Waals surface area contributed by atoms with Crippen molar-refractivity contribution < 1.29 is 18.3 Å². The Morgan fingerprint density at radius 3 is 2.50 bits per heavy atom. The van der Waals surface area contributed by atoms with Crippen molar-refractivity contribution in [1.29, 1.82) is 0 Å². The second-order valence-electron chi connectivity index (χ2n) is 6.29. The summed E-state index contributed by atoms with van der Waals surface area (Å²) in [6.07, 6.45) is 3.24. The van der Waals surface area contributed by atoms with Crippen molar-refractivity contribution >= 4 is 18.8 Å². The van der Waals surface area contributed by atoms with E-state index in [0.29, 0.717) is 49.9 Å². The summed E-state index contributed by atoms with van der Waals surface area (Å²) in [6, 6.07) is 0. The molecule has 2 rings (SSSR count). The van der Waals surface area contributed by atoms with Crippen LogP contribution in [0.25, 0.3) is 11.2 Å². The van der Waals surface area contributed by atoms with E-state index in [0.717, 1.165) is 4.57 Å². The van der Waals surface area contributed by atoms with E-state index in [1.54, 1.807) is 31.8 Å². The Kier molecular flexibility index (Phi) is 8.18. The molecule has 0 fully saturated rings. The van der Waals surface area contributed by atoms with Gasteiger partial charge in [0.15, 0.2) is 11.2 Å². The highest BCUT2D eigenvalue weighted by atomic mass is 31.2. The zero-order chi connectivity index (χ0) is 20.7. The molecule has 10 nitrogen and oxygen atoms in total. The molecule has 1 atom stereocenters. The van der Waals surface area contributed by atoms with Crippen LogP contribution >= 0.6 is 7.60 Å². The molecule has 2 aromatic heterocycles. The predicted octanol–water partition coefficient (Wildman–Crippen LogP) is 1.59. The van der Waals surface area contributed by atoms with Gasteiger partial charge in [-0.25, -0.2) is 9.78 Å². The van der Waals surface area contributed by atoms with Crippen molar-refractivity contribution in [2.45, 2.75) is 39.8 Å². The summed E-state index contributed by atoms with van der Waals surface area (Å²) in [5.41, 5.74) is -0.0606. The number of nitrogens with zero attached hydrogens (tertiary/aromatic N) is 4. The van der Waals surface area contributed by atoms with Gasteiger partial charge in [0.25, 0.3) is 5.56 Å². The average Bonchev–Trinajstić information content (AvgIpc) is 3.10. The second kappa shape index (κ2) is 10.2. The standard InChI is InChI=1S/C17H29N4O6P/c1-5-26-28(24,6-2)27-11-8-7-9-20-13-18-15-14(20)16(22)21(10-12-25-4)17(23)19(15)3/h13H,5-12H2,1-4H3. The van der Waals surface area contributed by atoms with Crippen LogP contribution in [0.3, 0.4) is 0 Å². The van der Waals surface area contributed by atoms with Gasteiger partial charge >= 0.3 is 13.3 Å². The van der Waals surface area contributed by atoms with Crippen LogP contribution in [0.4, 0.5) is 0 Å². The summed E-state index contributed by atoms with van der Waals surface area (Å²) in [7, 11) is 0.110. The van der Waals surface area contributed by atoms with Crippen molar-refractivity contribution in [3.8, 4) is 0 Å². The molecule has 0 aliphatic rings. The SMILES string of the molecule is CCOP(=O)(CC)OCCCCn1cnc2c1c(=O)n(CCOC)c(=O)n2C. The summed E-state index contributed by atoms with van der Waals surface area (Å²) in [5.74, 6) is 0. The van der Waals surface area contributed by atoms with E-state index < -0.39 is 13.3 Å². The number of aromatic nitrogens is 4. The van der Waals surface area contributed by atoms with Gasteiger partial charge in [0, 0.05) is 26.9 Å². The third-order valence-corrected chi connectivity index (χ3v) is 6.42. The normalized spacial score (nSPS) is 13.9. The number of hydrogen-bond donors (Lipinski definition) is 0. The Morgan fingerprint density at radius 1 is 1.11 bits per heavy atom. The van der Waals surface area contributed by atoms with E-state index in [9.17, 15) is 14.2 Å². The zero-order valence-electron chi connectivity index (χ0n) is 16.9. The summed E-state index contributed by atoms with van der Waals surface area (Å²) in [6.45, 7) is 5.19. The third kappa shape index (κ3) is 5.00. The first-order valence-corrected chi connectivity index (χ1v) is 11.1. The van der Waals surface area contributed by atoms with E-state index in [4.69, 9.17) is 13.8 Å². The minimum atomic E-state index is -3.00. The van der Waals surface area contributed by atoms with Gasteiger partial charge in [0.05, 0.1) is 32.7 Å². The minimum absolute atomic E-state index is 0.181. The van der Waals surface area contributed by atoms with Crippen LogP contribution in [0.15, 0.2) is 15.9 Å². The number of imidazole rings is 1. The maximum atomic E-state index is 12.8. The highest BCUT2D eigenvalue weighted by Gasteiger charge is 2.20. The van der Waals surface area contributed by atoms with Crippen LogP contribution in [0.1, 0.15) is 26.7 Å². The zero-order valence-corrected chi connectivity index (χ0v) is 17.8. The summed E-state index contributed by atoms with van der Waals surface area (Å²) in [4.78, 5) is 29.4. The van der Waals surface area contributed by atoms with Crippen molar-refractivity contribution in [3.63, 3.8) is 0 Å². The number of methoxy groups -OCH3 is 1. The third-order valence-electron chi connectivity index (χ3n) is 4.42. The van der Waals surface area contributed by atoms with Crippen LogP contribution in [0.2, 0.25) is 0 Å². The maximum absolute atomic E-state index is 12.8. The first-order chi connectivity index (χ1) is 13.4. The fraction of sp³-hybridized carbons (Fsp3) is 0.706. The molecule has 0 radical (unpaired) electrons. The molecule has 0 spiro atoms. The molecule has 0 saturated carbocycles. The molecular formula is C17H29N4O6P. The number of rotatable bonds is 12. The lowest BCUT2D eigenvalue weighted by atomic mass is 10.3. The number of hydrogen-bond acceptors (Lipinski definition) is 7. The summed E-state index contributed by atoms with van der Waals surface area (Å²) >= 11 is 0. The second-order valence-corrected chi connectivity index (χ2v) is 8.66. The molecule has 2 aromatic rings. The van der Waals surface area contributed by atoms with Gasteiger partial charge < -0.3 is 18.4 Å². The first kappa shape index (κ1) is 22.5. The highest BCUT2D eigenvalue weighted by Crippen LogP contribution is 2.47. The van der Waals surface area contributed by atoms with Crippen LogP contribution in [-0.2, 0) is 38.5 Å². The molecule has 2 heterocycles. The van der Waals surface area contributed by atoms with Gasteiger partial charge in [0.2, 0.25) is 0 Å². The van der Waals surface area contributed by atoms with Gasteiger partial charge in [0.1, 0.15) is 0 Å². The van der Waals surface area contributed by atoms with E-state index in [-0.39, 0.29) is 18.7 Å². The lowest BCUT2D eigenvalue weighted by molar-refractivity contribution is 0.184. The summed E-state index contributed by atoms with van der Waals surface area (Å²) in [5, 5.41) is 0. The van der Waals surface area contributed by atoms with E-state index >= 15 is 0 Å². The maximum Gasteiger partial charge on any atom is 0.332 e. The van der Waals surface area contributed by atoms with Crippen molar-refractivity contribution in [1.82, 2.24) is 18.7 Å². The van der Waals surface area contributed by atoms with E-state index in [1.807, 2.05) is 0 Å². The van der Waals surface area contributed by atoms with Gasteiger partial charge in [-0.15, -0.1) is 0 Å². The minimum Gasteiger partial charge on any atom is -0.383 e. The fourth-order valence-corrected chi connectivity index (χ4v) is 4.12. The summed E-state index contributed by atoms with van der Waals surface area (Å²) < 4.78 is 32.1. The molecule has 0 N–H and O–H groups in total. The number of aryl methyl sites for hydroxylation is 2. The molecular weight excluding hydrogens is 387 g/mol. The topological polar surface area (TPSA) is 107 Å². The van der Waals surface area contributed by atoms with Gasteiger partial charge in [-0.3, -0.25) is 18.5 Å². The Labute approximate surface area is 163 Å². The van der Waals surface area contributed by atoms with E-state index in [2.05, 4.69) is 4.98 Å². The van der Waals surface area contributed by atoms with E-state index in [1.165, 1.54) is 11.7 Å². The lowest BCUT2D eigenvalue weighted by Gasteiger charge is -2.15. The first-order valence-electron chi connectivity index (χ1n) is 9.40. The Bertz CT molecular complexity index is 947. The molecule has 0 bridgehead atoms. The molecule has 0 saturated heterocycles. The quantitative estimate of drug-likeness (QED) is 0.382. The Hall–Kier alpha value is -1.74. The molecule has 28 heavy (non-hydrogen) atoms. The molecule has 11 heteroatoms. The predicted molar refractivity (Wildman–Crippen MR) is 106 cm³/mol. The average molecular weight is 416 g/mol. The van der Waals surface area contributed by atoms with Crippen LogP contribution in [-0.4, -0.2) is 51.8 Å². The molecule has 0 aliphatic carbocycles. The smallest absolute Gasteiger partial charge is 0.332 e. The molecule has 158 valence electrons. The van der Waals surface area contributed by atoms with Gasteiger partial charge in [-0.05, 0) is 19.8 Å². The number of ether oxygens (including phenoxy) is 1. The van der Waals surface area contributed by atoms with Crippen molar-refractivity contribution in [2.24, 2.45) is 7.05 Å². The van der Waals surface area contributed by atoms with Crippen molar-refractivity contribution in [2.75, 3.05) is 33.1 Å². The monoisotopic (exact) mass is 416 g/mol. The van der Waals surface area contributed by atoms with Crippen LogP contribution in [0, 0.1) is 0 Å². The Balaban J connectivity index is 2.10. The number of fused-ring (bicyclic) bond motifs is 1. The largest absolute Gasteiger partial charge is 0.383 e. The molecule has 1 unspecified atom stereocenters. The molecule has 0 aromatic carbocycles. The molecule has 0 amide bonds. The van der Waals surface area contributed by atoms with Crippen LogP contribution in [0.5, 0.6) is 0 Å². The number of unbranched alkanes of at least 4 members (excludes halogenated alkanes) is 1.